The second kappa shape index (κ2) is 8.64. The van der Waals surface area contributed by atoms with Gasteiger partial charge in [-0.15, -0.1) is 0 Å². The third kappa shape index (κ3) is 3.86. The van der Waals surface area contributed by atoms with E-state index < -0.39 is 0 Å². The minimum Gasteiger partial charge on any atom is -0.346 e. The van der Waals surface area contributed by atoms with Gasteiger partial charge in [0.2, 0.25) is 0 Å². The lowest BCUT2D eigenvalue weighted by atomic mass is 9.90. The Hall–Kier alpha value is -4.02. The first-order chi connectivity index (χ1) is 17.1. The Morgan fingerprint density at radius 2 is 1.94 bits per heavy atom. The van der Waals surface area contributed by atoms with Gasteiger partial charge in [-0.05, 0) is 91.9 Å². The van der Waals surface area contributed by atoms with E-state index >= 15 is 0 Å². The topological polar surface area (TPSA) is 73.5 Å². The van der Waals surface area contributed by atoms with Crippen LogP contribution in [0.1, 0.15) is 41.1 Å². The molecule has 1 aliphatic rings. The Morgan fingerprint density at radius 1 is 1.14 bits per heavy atom. The molecule has 7 heteroatoms. The van der Waals surface area contributed by atoms with Crippen LogP contribution in [0.5, 0.6) is 0 Å². The van der Waals surface area contributed by atoms with Gasteiger partial charge in [-0.1, -0.05) is 6.07 Å². The monoisotopic (exact) mass is 464 g/mol. The molecule has 35 heavy (non-hydrogen) atoms. The van der Waals surface area contributed by atoms with Gasteiger partial charge < -0.3 is 9.55 Å². The number of halogens is 1. The molecule has 4 heterocycles. The molecule has 1 aliphatic heterocycles. The average molecular weight is 465 g/mol. The standard InChI is InChI=1S/C28H25FN6/c1-18-20(2-7-26-24(18)12-22(13-30)33-26)15-34-10-8-19(9-11-34)25-16-35(23-5-3-21(29)4-6-23)27-14-31-17-32-28(25)27/h2-7,12,14,16-17,19,33H,8-11,15H2,1H3. The molecule has 1 fully saturated rings. The van der Waals surface area contributed by atoms with Crippen molar-refractivity contribution in [1.82, 2.24) is 24.4 Å². The Morgan fingerprint density at radius 3 is 2.71 bits per heavy atom. The SMILES string of the molecule is Cc1c(CN2CCC(c3cn(-c4ccc(F)cc4)c4cncnc34)CC2)ccc2[nH]c(C#N)cc12. The van der Waals surface area contributed by atoms with Crippen molar-refractivity contribution in [2.45, 2.75) is 32.2 Å². The number of benzene rings is 2. The first kappa shape index (κ1) is 21.5. The second-order valence-corrected chi connectivity index (χ2v) is 9.34. The van der Waals surface area contributed by atoms with Crippen molar-refractivity contribution in [3.8, 4) is 11.8 Å². The van der Waals surface area contributed by atoms with Crippen LogP contribution in [0.15, 0.2) is 61.2 Å². The summed E-state index contributed by atoms with van der Waals surface area (Å²) in [6.45, 7) is 5.06. The summed E-state index contributed by atoms with van der Waals surface area (Å²) in [5, 5.41) is 10.3. The largest absolute Gasteiger partial charge is 0.346 e. The molecule has 6 nitrogen and oxygen atoms in total. The highest BCUT2D eigenvalue weighted by molar-refractivity contribution is 5.85. The van der Waals surface area contributed by atoms with E-state index in [4.69, 9.17) is 0 Å². The lowest BCUT2D eigenvalue weighted by molar-refractivity contribution is 0.205. The Bertz CT molecular complexity index is 1570. The van der Waals surface area contributed by atoms with Gasteiger partial charge in [0.15, 0.2) is 0 Å². The molecule has 0 saturated carbocycles. The van der Waals surface area contributed by atoms with E-state index in [1.165, 1.54) is 28.8 Å². The number of hydrogen-bond donors (Lipinski definition) is 1. The van der Waals surface area contributed by atoms with E-state index in [0.29, 0.717) is 11.6 Å². The van der Waals surface area contributed by atoms with Gasteiger partial charge in [-0.3, -0.25) is 4.90 Å². The summed E-state index contributed by atoms with van der Waals surface area (Å²) in [5.74, 6) is 0.169. The summed E-state index contributed by atoms with van der Waals surface area (Å²) in [4.78, 5) is 14.5. The maximum absolute atomic E-state index is 13.5. The van der Waals surface area contributed by atoms with Crippen molar-refractivity contribution < 1.29 is 4.39 Å². The third-order valence-corrected chi connectivity index (χ3v) is 7.33. The normalized spacial score (nSPS) is 15.1. The molecule has 2 aromatic carbocycles. The van der Waals surface area contributed by atoms with Crippen LogP contribution in [0.4, 0.5) is 4.39 Å². The molecule has 0 amide bonds. The molecule has 0 radical (unpaired) electrons. The molecule has 174 valence electrons. The van der Waals surface area contributed by atoms with Gasteiger partial charge in [0, 0.05) is 29.3 Å². The fraction of sp³-hybridized carbons (Fsp3) is 0.250. The van der Waals surface area contributed by atoms with E-state index in [2.05, 4.69) is 55.7 Å². The van der Waals surface area contributed by atoms with Crippen LogP contribution >= 0.6 is 0 Å². The zero-order chi connectivity index (χ0) is 23.9. The van der Waals surface area contributed by atoms with Crippen molar-refractivity contribution in [3.63, 3.8) is 0 Å². The van der Waals surface area contributed by atoms with Crippen LogP contribution in [-0.4, -0.2) is 37.5 Å². The van der Waals surface area contributed by atoms with Crippen molar-refractivity contribution in [3.05, 3.63) is 89.4 Å². The molecule has 3 aromatic heterocycles. The number of nitriles is 1. The molecule has 1 N–H and O–H groups in total. The van der Waals surface area contributed by atoms with Gasteiger partial charge in [-0.25, -0.2) is 14.4 Å². The number of fused-ring (bicyclic) bond motifs is 2. The van der Waals surface area contributed by atoms with Crippen LogP contribution in [0.3, 0.4) is 0 Å². The number of aryl methyl sites for hydroxylation is 1. The van der Waals surface area contributed by atoms with E-state index in [1.807, 2.05) is 12.3 Å². The lowest BCUT2D eigenvalue weighted by Crippen LogP contribution is -2.32. The van der Waals surface area contributed by atoms with Gasteiger partial charge in [0.05, 0.1) is 17.2 Å². The fourth-order valence-corrected chi connectivity index (χ4v) is 5.37. The first-order valence-corrected chi connectivity index (χ1v) is 11.9. The van der Waals surface area contributed by atoms with Crippen LogP contribution in [0, 0.1) is 24.1 Å². The molecule has 1 saturated heterocycles. The Kier molecular flexibility index (Phi) is 5.31. The zero-order valence-electron chi connectivity index (χ0n) is 19.5. The Labute approximate surface area is 202 Å². The number of nitrogens with one attached hydrogen (secondary N) is 1. The zero-order valence-corrected chi connectivity index (χ0v) is 19.5. The van der Waals surface area contributed by atoms with E-state index in [-0.39, 0.29) is 5.82 Å². The smallest absolute Gasteiger partial charge is 0.123 e. The quantitative estimate of drug-likeness (QED) is 0.376. The summed E-state index contributed by atoms with van der Waals surface area (Å²) in [7, 11) is 0. The number of aromatic nitrogens is 4. The van der Waals surface area contributed by atoms with Gasteiger partial charge in [0.1, 0.15) is 23.9 Å². The maximum atomic E-state index is 13.5. The number of rotatable bonds is 4. The molecule has 0 spiro atoms. The summed E-state index contributed by atoms with van der Waals surface area (Å²) in [6, 6.07) is 14.9. The molecule has 6 rings (SSSR count). The van der Waals surface area contributed by atoms with Gasteiger partial charge in [0.25, 0.3) is 0 Å². The fourth-order valence-electron chi connectivity index (χ4n) is 5.37. The summed E-state index contributed by atoms with van der Waals surface area (Å²) < 4.78 is 15.5. The molecular formula is C28H25FN6. The van der Waals surface area contributed by atoms with E-state index in [1.54, 1.807) is 18.5 Å². The average Bonchev–Trinajstić information content (AvgIpc) is 3.49. The minimum absolute atomic E-state index is 0.245. The second-order valence-electron chi connectivity index (χ2n) is 9.34. The lowest BCUT2D eigenvalue weighted by Gasteiger charge is -2.32. The van der Waals surface area contributed by atoms with Crippen molar-refractivity contribution in [1.29, 1.82) is 5.26 Å². The molecule has 0 unspecified atom stereocenters. The molecular weight excluding hydrogens is 439 g/mol. The predicted molar refractivity (Wildman–Crippen MR) is 134 cm³/mol. The molecule has 5 aromatic rings. The molecule has 0 atom stereocenters. The van der Waals surface area contributed by atoms with Crippen molar-refractivity contribution in [2.24, 2.45) is 0 Å². The van der Waals surface area contributed by atoms with Gasteiger partial charge in [-0.2, -0.15) is 5.26 Å². The van der Waals surface area contributed by atoms with Crippen molar-refractivity contribution >= 4 is 21.9 Å². The summed E-state index contributed by atoms with van der Waals surface area (Å²) in [6.07, 6.45) is 7.70. The van der Waals surface area contributed by atoms with Crippen LogP contribution in [0.25, 0.3) is 27.6 Å². The third-order valence-electron chi connectivity index (χ3n) is 7.33. The highest BCUT2D eigenvalue weighted by Crippen LogP contribution is 2.35. The number of aromatic amines is 1. The highest BCUT2D eigenvalue weighted by atomic mass is 19.1. The number of hydrogen-bond acceptors (Lipinski definition) is 4. The minimum atomic E-state index is -0.245. The summed E-state index contributed by atoms with van der Waals surface area (Å²) >= 11 is 0. The first-order valence-electron chi connectivity index (χ1n) is 11.9. The number of H-pyrrole nitrogens is 1. The van der Waals surface area contributed by atoms with Crippen LogP contribution in [-0.2, 0) is 6.54 Å². The number of nitrogens with zero attached hydrogens (tertiary/aromatic N) is 5. The highest BCUT2D eigenvalue weighted by Gasteiger charge is 2.25. The molecule has 0 aliphatic carbocycles. The summed E-state index contributed by atoms with van der Waals surface area (Å²) in [5.41, 5.74) is 8.23. The van der Waals surface area contributed by atoms with Crippen LogP contribution in [0.2, 0.25) is 0 Å². The molecule has 0 bridgehead atoms. The van der Waals surface area contributed by atoms with Gasteiger partial charge >= 0.3 is 0 Å². The number of piperidine rings is 1. The Balaban J connectivity index is 1.22. The number of likely N-dealkylation sites (tertiary alicyclic amines) is 1. The van der Waals surface area contributed by atoms with E-state index in [0.717, 1.165) is 60.1 Å². The predicted octanol–water partition coefficient (Wildman–Crippen LogP) is 5.60. The maximum Gasteiger partial charge on any atom is 0.123 e. The van der Waals surface area contributed by atoms with Crippen molar-refractivity contribution in [2.75, 3.05) is 13.1 Å². The van der Waals surface area contributed by atoms with E-state index in [9.17, 15) is 9.65 Å². The van der Waals surface area contributed by atoms with Crippen LogP contribution < -0.4 is 0 Å².